The summed E-state index contributed by atoms with van der Waals surface area (Å²) < 4.78 is 4.88. The number of nitro benzene ring substituents is 1. The summed E-state index contributed by atoms with van der Waals surface area (Å²) in [5.74, 6) is -0.214. The Bertz CT molecular complexity index is 478. The number of carbonyl (C=O) groups is 1. The minimum Gasteiger partial charge on any atom is -0.385 e. The molecule has 110 valence electrons. The Kier molecular flexibility index (Phi) is 6.08. The number of rotatable bonds is 7. The van der Waals surface area contributed by atoms with Gasteiger partial charge in [-0.2, -0.15) is 0 Å². The van der Waals surface area contributed by atoms with Gasteiger partial charge in [-0.15, -0.1) is 0 Å². The standard InChI is InChI=1S/C13H19N3O4/c1-15(13(17)12(14)6-7-20-2)9-10-4-3-5-11(8-10)16(18)19/h3-5,8,12H,6-7,9,14H2,1-2H3. The molecule has 1 rings (SSSR count). The molecular formula is C13H19N3O4. The fourth-order valence-electron chi connectivity index (χ4n) is 1.77. The molecule has 0 bridgehead atoms. The number of amides is 1. The maximum Gasteiger partial charge on any atom is 0.269 e. The van der Waals surface area contributed by atoms with Gasteiger partial charge >= 0.3 is 0 Å². The number of methoxy groups -OCH3 is 1. The van der Waals surface area contributed by atoms with Gasteiger partial charge in [0, 0.05) is 39.4 Å². The number of carbonyl (C=O) groups excluding carboxylic acids is 1. The van der Waals surface area contributed by atoms with Gasteiger partial charge < -0.3 is 15.4 Å². The third-order valence-electron chi connectivity index (χ3n) is 2.87. The SMILES string of the molecule is COCCC(N)C(=O)N(C)Cc1cccc([N+](=O)[O-])c1. The van der Waals surface area contributed by atoms with Crippen molar-refractivity contribution in [3.8, 4) is 0 Å². The highest BCUT2D eigenvalue weighted by molar-refractivity contribution is 5.81. The van der Waals surface area contributed by atoms with Crippen molar-refractivity contribution in [1.29, 1.82) is 0 Å². The molecule has 0 aliphatic rings. The average molecular weight is 281 g/mol. The van der Waals surface area contributed by atoms with Gasteiger partial charge in [-0.1, -0.05) is 12.1 Å². The molecule has 0 aromatic heterocycles. The summed E-state index contributed by atoms with van der Waals surface area (Å²) in [6, 6.07) is 5.56. The molecule has 1 atom stereocenters. The minimum atomic E-state index is -0.626. The van der Waals surface area contributed by atoms with Crippen molar-refractivity contribution < 1.29 is 14.5 Å². The largest absolute Gasteiger partial charge is 0.385 e. The zero-order chi connectivity index (χ0) is 15.1. The van der Waals surface area contributed by atoms with Crippen LogP contribution in [0.1, 0.15) is 12.0 Å². The molecule has 1 aromatic carbocycles. The zero-order valence-electron chi connectivity index (χ0n) is 11.6. The van der Waals surface area contributed by atoms with E-state index in [2.05, 4.69) is 0 Å². The number of benzene rings is 1. The van der Waals surface area contributed by atoms with E-state index in [4.69, 9.17) is 10.5 Å². The van der Waals surface area contributed by atoms with E-state index in [0.717, 1.165) is 0 Å². The summed E-state index contributed by atoms with van der Waals surface area (Å²) in [6.45, 7) is 0.693. The molecule has 7 heteroatoms. The summed E-state index contributed by atoms with van der Waals surface area (Å²) in [7, 11) is 3.16. The second-order valence-corrected chi connectivity index (χ2v) is 4.51. The van der Waals surface area contributed by atoms with Crippen LogP contribution in [0, 0.1) is 10.1 Å². The number of hydrogen-bond donors (Lipinski definition) is 1. The summed E-state index contributed by atoms with van der Waals surface area (Å²) >= 11 is 0. The monoisotopic (exact) mass is 281 g/mol. The van der Waals surface area contributed by atoms with Crippen LogP contribution in [0.5, 0.6) is 0 Å². The van der Waals surface area contributed by atoms with E-state index < -0.39 is 11.0 Å². The Balaban J connectivity index is 2.65. The van der Waals surface area contributed by atoms with Crippen LogP contribution in [0.15, 0.2) is 24.3 Å². The lowest BCUT2D eigenvalue weighted by molar-refractivity contribution is -0.384. The third-order valence-corrected chi connectivity index (χ3v) is 2.87. The van der Waals surface area contributed by atoms with Crippen molar-refractivity contribution in [2.75, 3.05) is 20.8 Å². The van der Waals surface area contributed by atoms with E-state index in [1.54, 1.807) is 26.3 Å². The second kappa shape index (κ2) is 7.56. The quantitative estimate of drug-likeness (QED) is 0.591. The molecule has 1 unspecified atom stereocenters. The second-order valence-electron chi connectivity index (χ2n) is 4.51. The first-order valence-corrected chi connectivity index (χ1v) is 6.18. The molecule has 2 N–H and O–H groups in total. The van der Waals surface area contributed by atoms with E-state index >= 15 is 0 Å². The Labute approximate surface area is 117 Å². The van der Waals surface area contributed by atoms with E-state index in [-0.39, 0.29) is 18.1 Å². The fraction of sp³-hybridized carbons (Fsp3) is 0.462. The van der Waals surface area contributed by atoms with Gasteiger partial charge in [0.25, 0.3) is 5.69 Å². The number of nitrogens with zero attached hydrogens (tertiary/aromatic N) is 2. The van der Waals surface area contributed by atoms with E-state index in [0.29, 0.717) is 18.6 Å². The number of non-ortho nitro benzene ring substituents is 1. The van der Waals surface area contributed by atoms with Crippen molar-refractivity contribution in [3.63, 3.8) is 0 Å². The molecule has 1 amide bonds. The topological polar surface area (TPSA) is 98.7 Å². The molecule has 0 fully saturated rings. The molecule has 0 spiro atoms. The Morgan fingerprint density at radius 2 is 2.25 bits per heavy atom. The highest BCUT2D eigenvalue weighted by Crippen LogP contribution is 2.14. The van der Waals surface area contributed by atoms with E-state index in [9.17, 15) is 14.9 Å². The Morgan fingerprint density at radius 3 is 2.85 bits per heavy atom. The van der Waals surface area contributed by atoms with Gasteiger partial charge in [-0.25, -0.2) is 0 Å². The molecule has 0 radical (unpaired) electrons. The molecule has 0 saturated heterocycles. The Morgan fingerprint density at radius 1 is 1.55 bits per heavy atom. The number of nitrogens with two attached hydrogens (primary N) is 1. The molecular weight excluding hydrogens is 262 g/mol. The van der Waals surface area contributed by atoms with Gasteiger partial charge in [0.05, 0.1) is 11.0 Å². The first kappa shape index (κ1) is 16.1. The zero-order valence-corrected chi connectivity index (χ0v) is 11.6. The summed E-state index contributed by atoms with van der Waals surface area (Å²) in [5.41, 5.74) is 6.45. The summed E-state index contributed by atoms with van der Waals surface area (Å²) in [4.78, 5) is 23.7. The molecule has 20 heavy (non-hydrogen) atoms. The number of ether oxygens (including phenoxy) is 1. The maximum atomic E-state index is 12.0. The Hall–Kier alpha value is -1.99. The lowest BCUT2D eigenvalue weighted by Gasteiger charge is -2.21. The highest BCUT2D eigenvalue weighted by Gasteiger charge is 2.18. The van der Waals surface area contributed by atoms with Crippen LogP contribution in [-0.4, -0.2) is 42.5 Å². The van der Waals surface area contributed by atoms with E-state index in [1.807, 2.05) is 0 Å². The predicted molar refractivity (Wildman–Crippen MR) is 74.0 cm³/mol. The van der Waals surface area contributed by atoms with Crippen molar-refractivity contribution >= 4 is 11.6 Å². The van der Waals surface area contributed by atoms with E-state index in [1.165, 1.54) is 17.0 Å². The lowest BCUT2D eigenvalue weighted by atomic mass is 10.1. The molecule has 1 aromatic rings. The lowest BCUT2D eigenvalue weighted by Crippen LogP contribution is -2.42. The molecule has 0 heterocycles. The van der Waals surface area contributed by atoms with Gasteiger partial charge in [-0.05, 0) is 12.0 Å². The van der Waals surface area contributed by atoms with Crippen LogP contribution < -0.4 is 5.73 Å². The highest BCUT2D eigenvalue weighted by atomic mass is 16.6. The van der Waals surface area contributed by atoms with Crippen LogP contribution in [-0.2, 0) is 16.1 Å². The first-order chi connectivity index (χ1) is 9.45. The normalized spacial score (nSPS) is 11.9. The molecule has 0 aliphatic carbocycles. The first-order valence-electron chi connectivity index (χ1n) is 6.18. The maximum absolute atomic E-state index is 12.0. The molecule has 7 nitrogen and oxygen atoms in total. The number of hydrogen-bond acceptors (Lipinski definition) is 5. The molecule has 0 aliphatic heterocycles. The molecule has 0 saturated carbocycles. The van der Waals surface area contributed by atoms with Crippen LogP contribution in [0.2, 0.25) is 0 Å². The van der Waals surface area contributed by atoms with Crippen LogP contribution in [0.4, 0.5) is 5.69 Å². The summed E-state index contributed by atoms with van der Waals surface area (Å²) in [6.07, 6.45) is 0.439. The van der Waals surface area contributed by atoms with Crippen molar-refractivity contribution in [1.82, 2.24) is 4.90 Å². The third kappa shape index (κ3) is 4.60. The van der Waals surface area contributed by atoms with Crippen molar-refractivity contribution in [3.05, 3.63) is 39.9 Å². The van der Waals surface area contributed by atoms with Gasteiger partial charge in [0.1, 0.15) is 0 Å². The number of likely N-dealkylation sites (N-methyl/N-ethyl adjacent to an activating group) is 1. The number of nitro groups is 1. The van der Waals surface area contributed by atoms with Crippen LogP contribution >= 0.6 is 0 Å². The fourth-order valence-corrected chi connectivity index (χ4v) is 1.77. The van der Waals surface area contributed by atoms with Gasteiger partial charge in [0.15, 0.2) is 0 Å². The summed E-state index contributed by atoms with van der Waals surface area (Å²) in [5, 5.41) is 10.7. The van der Waals surface area contributed by atoms with Crippen LogP contribution in [0.25, 0.3) is 0 Å². The van der Waals surface area contributed by atoms with Crippen molar-refractivity contribution in [2.24, 2.45) is 5.73 Å². The minimum absolute atomic E-state index is 0.00651. The smallest absolute Gasteiger partial charge is 0.269 e. The average Bonchev–Trinajstić information content (AvgIpc) is 2.44. The predicted octanol–water partition coefficient (Wildman–Crippen LogP) is 0.917. The van der Waals surface area contributed by atoms with Crippen molar-refractivity contribution in [2.45, 2.75) is 19.0 Å². The van der Waals surface area contributed by atoms with Gasteiger partial charge in [0.2, 0.25) is 5.91 Å². The van der Waals surface area contributed by atoms with Crippen LogP contribution in [0.3, 0.4) is 0 Å². The van der Waals surface area contributed by atoms with Gasteiger partial charge in [-0.3, -0.25) is 14.9 Å².